The van der Waals surface area contributed by atoms with Crippen molar-refractivity contribution in [1.29, 1.82) is 0 Å². The van der Waals surface area contributed by atoms with Crippen LogP contribution in [0, 0.1) is 5.92 Å². The van der Waals surface area contributed by atoms with Gasteiger partial charge in [0, 0.05) is 26.2 Å². The van der Waals surface area contributed by atoms with Gasteiger partial charge in [-0.1, -0.05) is 55.3 Å². The molecule has 0 aromatic heterocycles. The Hall–Kier alpha value is -1.87. The summed E-state index contributed by atoms with van der Waals surface area (Å²) in [6, 6.07) is 15.2. The number of rotatable bonds is 3. The molecule has 1 amide bonds. The van der Waals surface area contributed by atoms with E-state index in [1.165, 1.54) is 42.0 Å². The molecule has 1 atom stereocenters. The summed E-state index contributed by atoms with van der Waals surface area (Å²) in [5.74, 6) is 0.603. The van der Waals surface area contributed by atoms with Gasteiger partial charge in [0.1, 0.15) is 0 Å². The molecule has 1 unspecified atom stereocenters. The third-order valence-electron chi connectivity index (χ3n) is 6.05. The highest BCUT2D eigenvalue weighted by molar-refractivity contribution is 5.85. The Balaban J connectivity index is 1.44. The summed E-state index contributed by atoms with van der Waals surface area (Å²) in [6.45, 7) is 4.91. The van der Waals surface area contributed by atoms with Crippen molar-refractivity contribution in [1.82, 2.24) is 9.80 Å². The van der Waals surface area contributed by atoms with E-state index in [0.717, 1.165) is 45.6 Å². The van der Waals surface area contributed by atoms with E-state index in [2.05, 4.69) is 52.3 Å². The lowest BCUT2D eigenvalue weighted by atomic mass is 9.95. The van der Waals surface area contributed by atoms with Gasteiger partial charge in [-0.25, -0.2) is 0 Å². The predicted octanol–water partition coefficient (Wildman–Crippen LogP) is 4.45. The molecule has 26 heavy (non-hydrogen) atoms. The average molecular weight is 351 g/mol. The van der Waals surface area contributed by atoms with Gasteiger partial charge < -0.3 is 4.90 Å². The summed E-state index contributed by atoms with van der Waals surface area (Å²) in [4.78, 5) is 17.7. The maximum atomic E-state index is 13.0. The molecule has 0 bridgehead atoms. The molecule has 2 aromatic rings. The second kappa shape index (κ2) is 8.22. The lowest BCUT2D eigenvalue weighted by Crippen LogP contribution is -2.44. The number of hydrogen-bond donors (Lipinski definition) is 0. The van der Waals surface area contributed by atoms with Crippen LogP contribution in [0.1, 0.15) is 44.1 Å². The van der Waals surface area contributed by atoms with Crippen LogP contribution in [0.3, 0.4) is 0 Å². The summed E-state index contributed by atoms with van der Waals surface area (Å²) in [6.07, 6.45) is 7.11. The number of benzene rings is 2. The Labute approximate surface area is 157 Å². The number of amides is 1. The fourth-order valence-electron chi connectivity index (χ4n) is 4.62. The van der Waals surface area contributed by atoms with Gasteiger partial charge in [0.05, 0.1) is 5.92 Å². The SMILES string of the molecule is O=C(C1CCCN(Cc2cccc3ccccc23)C1)N1CCCCCC1. The fraction of sp³-hybridized carbons (Fsp3) is 0.522. The minimum Gasteiger partial charge on any atom is -0.342 e. The Morgan fingerprint density at radius 2 is 1.65 bits per heavy atom. The number of carbonyl (C=O) groups is 1. The molecule has 0 N–H and O–H groups in total. The molecule has 4 rings (SSSR count). The van der Waals surface area contributed by atoms with Crippen LogP contribution in [0.2, 0.25) is 0 Å². The summed E-state index contributed by atoms with van der Waals surface area (Å²) < 4.78 is 0. The number of piperidine rings is 1. The van der Waals surface area contributed by atoms with Gasteiger partial charge in [0.15, 0.2) is 0 Å². The monoisotopic (exact) mass is 350 g/mol. The van der Waals surface area contributed by atoms with Crippen molar-refractivity contribution in [3.8, 4) is 0 Å². The van der Waals surface area contributed by atoms with Crippen molar-refractivity contribution in [2.45, 2.75) is 45.1 Å². The van der Waals surface area contributed by atoms with Crippen LogP contribution in [0.15, 0.2) is 42.5 Å². The third kappa shape index (κ3) is 3.93. The number of fused-ring (bicyclic) bond motifs is 1. The number of likely N-dealkylation sites (tertiary alicyclic amines) is 2. The van der Waals surface area contributed by atoms with Gasteiger partial charge >= 0.3 is 0 Å². The minimum atomic E-state index is 0.192. The molecule has 0 aliphatic carbocycles. The molecule has 2 saturated heterocycles. The van der Waals surface area contributed by atoms with E-state index in [9.17, 15) is 4.79 Å². The van der Waals surface area contributed by atoms with Gasteiger partial charge in [-0.05, 0) is 48.6 Å². The zero-order valence-corrected chi connectivity index (χ0v) is 15.7. The first-order chi connectivity index (χ1) is 12.8. The molecule has 3 nitrogen and oxygen atoms in total. The third-order valence-corrected chi connectivity index (χ3v) is 6.05. The molecule has 0 radical (unpaired) electrons. The van der Waals surface area contributed by atoms with Gasteiger partial charge in [-0.3, -0.25) is 9.69 Å². The lowest BCUT2D eigenvalue weighted by Gasteiger charge is -2.35. The van der Waals surface area contributed by atoms with E-state index in [4.69, 9.17) is 0 Å². The highest BCUT2D eigenvalue weighted by Crippen LogP contribution is 2.25. The van der Waals surface area contributed by atoms with Gasteiger partial charge in [0.25, 0.3) is 0 Å². The largest absolute Gasteiger partial charge is 0.342 e. The number of hydrogen-bond acceptors (Lipinski definition) is 2. The smallest absolute Gasteiger partial charge is 0.226 e. The van der Waals surface area contributed by atoms with Gasteiger partial charge in [-0.15, -0.1) is 0 Å². The number of carbonyl (C=O) groups excluding carboxylic acids is 1. The first-order valence-electron chi connectivity index (χ1n) is 10.3. The maximum absolute atomic E-state index is 13.0. The lowest BCUT2D eigenvalue weighted by molar-refractivity contribution is -0.137. The van der Waals surface area contributed by atoms with Crippen molar-refractivity contribution in [3.63, 3.8) is 0 Å². The van der Waals surface area contributed by atoms with Gasteiger partial charge in [-0.2, -0.15) is 0 Å². The average Bonchev–Trinajstić information content (AvgIpc) is 2.97. The van der Waals surface area contributed by atoms with Crippen molar-refractivity contribution >= 4 is 16.7 Å². The first-order valence-corrected chi connectivity index (χ1v) is 10.3. The maximum Gasteiger partial charge on any atom is 0.226 e. The van der Waals surface area contributed by atoms with Crippen molar-refractivity contribution < 1.29 is 4.79 Å². The van der Waals surface area contributed by atoms with E-state index < -0.39 is 0 Å². The Kier molecular flexibility index (Phi) is 5.54. The molecular formula is C23H30N2O. The van der Waals surface area contributed by atoms with Crippen LogP contribution in [-0.4, -0.2) is 41.9 Å². The summed E-state index contributed by atoms with van der Waals surface area (Å²) in [5.41, 5.74) is 1.38. The van der Waals surface area contributed by atoms with Crippen molar-refractivity contribution in [2.24, 2.45) is 5.92 Å². The predicted molar refractivity (Wildman–Crippen MR) is 107 cm³/mol. The second-order valence-corrected chi connectivity index (χ2v) is 7.95. The Bertz CT molecular complexity index is 743. The quantitative estimate of drug-likeness (QED) is 0.816. The topological polar surface area (TPSA) is 23.6 Å². The van der Waals surface area contributed by atoms with E-state index >= 15 is 0 Å². The van der Waals surface area contributed by atoms with Crippen LogP contribution >= 0.6 is 0 Å². The summed E-state index contributed by atoms with van der Waals surface area (Å²) >= 11 is 0. The van der Waals surface area contributed by atoms with E-state index in [0.29, 0.717) is 5.91 Å². The Morgan fingerprint density at radius 1 is 0.885 bits per heavy atom. The molecule has 0 saturated carbocycles. The molecular weight excluding hydrogens is 320 g/mol. The van der Waals surface area contributed by atoms with Crippen LogP contribution in [0.25, 0.3) is 10.8 Å². The molecule has 3 heteroatoms. The molecule has 138 valence electrons. The summed E-state index contributed by atoms with van der Waals surface area (Å²) in [7, 11) is 0. The van der Waals surface area contributed by atoms with E-state index in [1.54, 1.807) is 0 Å². The molecule has 2 aliphatic heterocycles. The van der Waals surface area contributed by atoms with Gasteiger partial charge in [0.2, 0.25) is 5.91 Å². The van der Waals surface area contributed by atoms with E-state index in [1.807, 2.05) is 0 Å². The van der Waals surface area contributed by atoms with Crippen molar-refractivity contribution in [2.75, 3.05) is 26.2 Å². The molecule has 2 aliphatic rings. The minimum absolute atomic E-state index is 0.192. The molecule has 0 spiro atoms. The Morgan fingerprint density at radius 3 is 2.50 bits per heavy atom. The van der Waals surface area contributed by atoms with E-state index in [-0.39, 0.29) is 5.92 Å². The zero-order valence-electron chi connectivity index (χ0n) is 15.7. The molecule has 2 heterocycles. The van der Waals surface area contributed by atoms with Crippen LogP contribution in [0.5, 0.6) is 0 Å². The summed E-state index contributed by atoms with van der Waals surface area (Å²) in [5, 5.41) is 2.65. The number of nitrogens with zero attached hydrogens (tertiary/aromatic N) is 2. The molecule has 2 fully saturated rings. The highest BCUT2D eigenvalue weighted by atomic mass is 16.2. The standard InChI is InChI=1S/C23H30N2O/c26-23(25-15-5-1-2-6-16-25)21-12-8-14-24(18-21)17-20-11-7-10-19-9-3-4-13-22(19)20/h3-4,7,9-11,13,21H,1-2,5-6,8,12,14-18H2. The van der Waals surface area contributed by atoms with Crippen LogP contribution in [-0.2, 0) is 11.3 Å². The van der Waals surface area contributed by atoms with Crippen LogP contribution < -0.4 is 0 Å². The first kappa shape index (κ1) is 17.5. The van der Waals surface area contributed by atoms with Crippen molar-refractivity contribution in [3.05, 3.63) is 48.0 Å². The zero-order chi connectivity index (χ0) is 17.8. The normalized spacial score (nSPS) is 22.3. The van der Waals surface area contributed by atoms with Crippen LogP contribution in [0.4, 0.5) is 0 Å². The molecule has 2 aromatic carbocycles. The fourth-order valence-corrected chi connectivity index (χ4v) is 4.62. The highest BCUT2D eigenvalue weighted by Gasteiger charge is 2.29. The second-order valence-electron chi connectivity index (χ2n) is 7.95.